The predicted octanol–water partition coefficient (Wildman–Crippen LogP) is 2.56. The molecule has 2 aliphatic heterocycles. The zero-order valence-corrected chi connectivity index (χ0v) is 16.0. The number of carbonyl (C=O) groups is 2. The van der Waals surface area contributed by atoms with Gasteiger partial charge in [-0.1, -0.05) is 18.2 Å². The molecule has 0 unspecified atom stereocenters. The number of carbonyl (C=O) groups excluding carboxylic acids is 2. The molecule has 2 saturated heterocycles. The van der Waals surface area contributed by atoms with Crippen molar-refractivity contribution >= 4 is 22.8 Å². The minimum Gasteiger partial charge on any atom is -0.463 e. The molecular formula is C21H27N3O3. The number of nitrogens with one attached hydrogen (secondary N) is 1. The van der Waals surface area contributed by atoms with Crippen LogP contribution in [0.5, 0.6) is 0 Å². The van der Waals surface area contributed by atoms with Gasteiger partial charge in [0.15, 0.2) is 0 Å². The first-order chi connectivity index (χ1) is 13.0. The Labute approximate surface area is 159 Å². The molecule has 0 saturated carbocycles. The van der Waals surface area contributed by atoms with E-state index < -0.39 is 0 Å². The Morgan fingerprint density at radius 2 is 2.11 bits per heavy atom. The lowest BCUT2D eigenvalue weighted by Crippen LogP contribution is -2.42. The Hall–Kier alpha value is -2.34. The van der Waals surface area contributed by atoms with Crippen LogP contribution >= 0.6 is 0 Å². The summed E-state index contributed by atoms with van der Waals surface area (Å²) in [7, 11) is 0. The van der Waals surface area contributed by atoms with Gasteiger partial charge in [0.05, 0.1) is 12.1 Å². The summed E-state index contributed by atoms with van der Waals surface area (Å²) in [4.78, 5) is 29.3. The van der Waals surface area contributed by atoms with Gasteiger partial charge in [0.25, 0.3) is 5.91 Å². The van der Waals surface area contributed by atoms with E-state index >= 15 is 0 Å². The van der Waals surface area contributed by atoms with Crippen LogP contribution < -0.4 is 5.32 Å². The number of likely N-dealkylation sites (tertiary alicyclic amines) is 2. The van der Waals surface area contributed by atoms with E-state index in [1.54, 1.807) is 0 Å². The van der Waals surface area contributed by atoms with E-state index in [-0.39, 0.29) is 17.9 Å². The standard InChI is InChI=1S/C21H27N3O3/c1-14-5-3-7-17-18(13-27-20(14)17)21(26)22-16-8-10-23(11-16)12-19(25)24-9-4-6-15(24)2/h3,5,7,13,15-16H,4,6,8-12H2,1-2H3,(H,22,26)/t15-,16+/m1/s1. The molecule has 1 aromatic carbocycles. The summed E-state index contributed by atoms with van der Waals surface area (Å²) in [5.41, 5.74) is 2.36. The van der Waals surface area contributed by atoms with Crippen LogP contribution in [-0.4, -0.2) is 59.9 Å². The normalized spacial score (nSPS) is 23.3. The van der Waals surface area contributed by atoms with Gasteiger partial charge in [0.1, 0.15) is 11.8 Å². The van der Waals surface area contributed by atoms with Crippen molar-refractivity contribution in [3.63, 3.8) is 0 Å². The van der Waals surface area contributed by atoms with Crippen molar-refractivity contribution in [2.24, 2.45) is 0 Å². The zero-order valence-electron chi connectivity index (χ0n) is 16.0. The van der Waals surface area contributed by atoms with Crippen molar-refractivity contribution < 1.29 is 14.0 Å². The first kappa shape index (κ1) is 18.0. The maximum absolute atomic E-state index is 12.7. The molecule has 0 spiro atoms. The van der Waals surface area contributed by atoms with Crippen molar-refractivity contribution in [1.29, 1.82) is 0 Å². The zero-order chi connectivity index (χ0) is 19.0. The molecule has 0 aliphatic carbocycles. The Kier molecular flexibility index (Phi) is 4.91. The van der Waals surface area contributed by atoms with E-state index in [1.807, 2.05) is 30.0 Å². The van der Waals surface area contributed by atoms with Crippen LogP contribution in [0.15, 0.2) is 28.9 Å². The highest BCUT2D eigenvalue weighted by Gasteiger charge is 2.30. The first-order valence-corrected chi connectivity index (χ1v) is 9.82. The lowest BCUT2D eigenvalue weighted by atomic mass is 10.1. The highest BCUT2D eigenvalue weighted by Crippen LogP contribution is 2.24. The molecule has 2 atom stereocenters. The van der Waals surface area contributed by atoms with Gasteiger partial charge in [0.2, 0.25) is 5.91 Å². The van der Waals surface area contributed by atoms with Crippen LogP contribution in [0, 0.1) is 6.92 Å². The van der Waals surface area contributed by atoms with Gasteiger partial charge in [-0.3, -0.25) is 14.5 Å². The van der Waals surface area contributed by atoms with Gasteiger partial charge in [-0.05, 0) is 38.7 Å². The SMILES string of the molecule is Cc1cccc2c(C(=O)N[C@H]3CCN(CC(=O)N4CCC[C@H]4C)C3)coc12. The molecule has 2 aliphatic rings. The Morgan fingerprint density at radius 3 is 2.89 bits per heavy atom. The maximum Gasteiger partial charge on any atom is 0.255 e. The Balaban J connectivity index is 1.34. The van der Waals surface area contributed by atoms with Gasteiger partial charge in [0, 0.05) is 37.1 Å². The van der Waals surface area contributed by atoms with Crippen LogP contribution in [0.25, 0.3) is 11.0 Å². The Morgan fingerprint density at radius 1 is 1.26 bits per heavy atom. The van der Waals surface area contributed by atoms with Crippen LogP contribution in [0.4, 0.5) is 0 Å². The second-order valence-corrected chi connectivity index (χ2v) is 7.87. The third-order valence-electron chi connectivity index (χ3n) is 5.88. The second-order valence-electron chi connectivity index (χ2n) is 7.87. The number of fused-ring (bicyclic) bond motifs is 1. The lowest BCUT2D eigenvalue weighted by Gasteiger charge is -2.24. The first-order valence-electron chi connectivity index (χ1n) is 9.82. The van der Waals surface area contributed by atoms with E-state index in [0.717, 1.165) is 48.9 Å². The van der Waals surface area contributed by atoms with Crippen LogP contribution in [0.1, 0.15) is 42.1 Å². The number of nitrogens with zero attached hydrogens (tertiary/aromatic N) is 2. The fraction of sp³-hybridized carbons (Fsp3) is 0.524. The van der Waals surface area contributed by atoms with Gasteiger partial charge in [-0.2, -0.15) is 0 Å². The highest BCUT2D eigenvalue weighted by molar-refractivity contribution is 6.06. The molecule has 144 valence electrons. The summed E-state index contributed by atoms with van der Waals surface area (Å²) in [6, 6.07) is 6.24. The summed E-state index contributed by atoms with van der Waals surface area (Å²) in [5, 5.41) is 3.96. The molecule has 4 rings (SSSR count). The monoisotopic (exact) mass is 369 g/mol. The van der Waals surface area contributed by atoms with Gasteiger partial charge in [-0.15, -0.1) is 0 Å². The summed E-state index contributed by atoms with van der Waals surface area (Å²) in [6.07, 6.45) is 4.60. The van der Waals surface area contributed by atoms with Crippen molar-refractivity contribution in [3.8, 4) is 0 Å². The molecule has 27 heavy (non-hydrogen) atoms. The van der Waals surface area contributed by atoms with E-state index in [4.69, 9.17) is 4.42 Å². The molecule has 0 bridgehead atoms. The summed E-state index contributed by atoms with van der Waals surface area (Å²) >= 11 is 0. The molecule has 3 heterocycles. The summed E-state index contributed by atoms with van der Waals surface area (Å²) in [6.45, 7) is 6.97. The largest absolute Gasteiger partial charge is 0.463 e. The number of rotatable bonds is 4. The Bertz CT molecular complexity index is 859. The van der Waals surface area contributed by atoms with Crippen molar-refractivity contribution in [1.82, 2.24) is 15.1 Å². The summed E-state index contributed by atoms with van der Waals surface area (Å²) < 4.78 is 5.58. The average Bonchev–Trinajstić information content (AvgIpc) is 3.35. The number of amides is 2. The van der Waals surface area contributed by atoms with E-state index in [2.05, 4.69) is 17.1 Å². The van der Waals surface area contributed by atoms with Crippen molar-refractivity contribution in [2.75, 3.05) is 26.2 Å². The average molecular weight is 369 g/mol. The third-order valence-corrected chi connectivity index (χ3v) is 5.88. The molecular weight excluding hydrogens is 342 g/mol. The maximum atomic E-state index is 12.7. The van der Waals surface area contributed by atoms with Crippen LogP contribution in [0.2, 0.25) is 0 Å². The van der Waals surface area contributed by atoms with Gasteiger partial charge >= 0.3 is 0 Å². The number of aryl methyl sites for hydroxylation is 1. The number of hydrogen-bond acceptors (Lipinski definition) is 4. The van der Waals surface area contributed by atoms with Crippen LogP contribution in [-0.2, 0) is 4.79 Å². The molecule has 6 nitrogen and oxygen atoms in total. The van der Waals surface area contributed by atoms with Crippen molar-refractivity contribution in [2.45, 2.75) is 45.2 Å². The van der Waals surface area contributed by atoms with Crippen molar-refractivity contribution in [3.05, 3.63) is 35.6 Å². The minimum absolute atomic E-state index is 0.0658. The molecule has 2 aromatic rings. The number of furan rings is 1. The van der Waals surface area contributed by atoms with E-state index in [9.17, 15) is 9.59 Å². The molecule has 0 radical (unpaired) electrons. The second kappa shape index (κ2) is 7.35. The van der Waals surface area contributed by atoms with Gasteiger partial charge < -0.3 is 14.6 Å². The van der Waals surface area contributed by atoms with Gasteiger partial charge in [-0.25, -0.2) is 0 Å². The van der Waals surface area contributed by atoms with E-state index in [1.165, 1.54) is 6.26 Å². The van der Waals surface area contributed by atoms with E-state index in [0.29, 0.717) is 24.7 Å². The predicted molar refractivity (Wildman–Crippen MR) is 104 cm³/mol. The number of benzene rings is 1. The highest BCUT2D eigenvalue weighted by atomic mass is 16.3. The smallest absolute Gasteiger partial charge is 0.255 e. The summed E-state index contributed by atoms with van der Waals surface area (Å²) in [5.74, 6) is 0.106. The number of hydrogen-bond donors (Lipinski definition) is 1. The van der Waals surface area contributed by atoms with Crippen LogP contribution in [0.3, 0.4) is 0 Å². The molecule has 6 heteroatoms. The topological polar surface area (TPSA) is 65.8 Å². The lowest BCUT2D eigenvalue weighted by molar-refractivity contribution is -0.132. The molecule has 1 N–H and O–H groups in total. The minimum atomic E-state index is -0.106. The molecule has 2 amide bonds. The third kappa shape index (κ3) is 3.58. The molecule has 2 fully saturated rings. The molecule has 1 aromatic heterocycles. The fourth-order valence-electron chi connectivity index (χ4n) is 4.32. The fourth-order valence-corrected chi connectivity index (χ4v) is 4.32. The number of para-hydroxylation sites is 1. The quantitative estimate of drug-likeness (QED) is 0.900.